The van der Waals surface area contributed by atoms with Crippen LogP contribution in [0.1, 0.15) is 11.1 Å². The largest absolute Gasteiger partial charge is 0.497 e. The van der Waals surface area contributed by atoms with Gasteiger partial charge in [0.25, 0.3) is 0 Å². The maximum atomic E-state index is 5.14. The average Bonchev–Trinajstić information content (AvgIpc) is 2.53. The minimum Gasteiger partial charge on any atom is -0.497 e. The van der Waals surface area contributed by atoms with Crippen LogP contribution in [-0.4, -0.2) is 7.11 Å². The Bertz CT molecular complexity index is 839. The Hall–Kier alpha value is -2.79. The van der Waals surface area contributed by atoms with Crippen molar-refractivity contribution in [3.05, 3.63) is 72.1 Å². The van der Waals surface area contributed by atoms with Crippen molar-refractivity contribution in [2.45, 2.75) is 0 Å². The highest BCUT2D eigenvalue weighted by Crippen LogP contribution is 2.14. The van der Waals surface area contributed by atoms with Crippen molar-refractivity contribution in [2.75, 3.05) is 7.11 Å². The summed E-state index contributed by atoms with van der Waals surface area (Å²) in [6.07, 6.45) is 4.15. The lowest BCUT2D eigenvalue weighted by Gasteiger charge is -1.98. The van der Waals surface area contributed by atoms with Crippen molar-refractivity contribution in [3.8, 4) is 17.6 Å². The molecule has 0 saturated carbocycles. The highest BCUT2D eigenvalue weighted by molar-refractivity contribution is 5.82. The van der Waals surface area contributed by atoms with Crippen molar-refractivity contribution in [1.82, 2.24) is 0 Å². The first-order valence-corrected chi connectivity index (χ1v) is 6.80. The normalized spacial score (nSPS) is 10.0. The zero-order valence-electron chi connectivity index (χ0n) is 12.1. The molecule has 0 fully saturated rings. The van der Waals surface area contributed by atoms with E-state index in [9.17, 15) is 0 Å². The van der Waals surface area contributed by atoms with Gasteiger partial charge in [-0.3, -0.25) is 0 Å². The van der Waals surface area contributed by atoms with Gasteiger partial charge in [-0.2, -0.15) is 0 Å². The lowest BCUT2D eigenvalue weighted by atomic mass is 10.1. The van der Waals surface area contributed by atoms with Crippen molar-refractivity contribution < 1.29 is 9.30 Å². The summed E-state index contributed by atoms with van der Waals surface area (Å²) >= 11 is 0. The molecule has 21 heavy (non-hydrogen) atoms. The zero-order chi connectivity index (χ0) is 14.7. The summed E-state index contributed by atoms with van der Waals surface area (Å²) in [6.45, 7) is 0. The number of methoxy groups -OCH3 is 1. The molecule has 0 N–H and O–H groups in total. The first-order chi connectivity index (χ1) is 10.2. The molecule has 3 rings (SSSR count). The molecule has 0 saturated heterocycles. The fourth-order valence-electron chi connectivity index (χ4n) is 2.19. The van der Waals surface area contributed by atoms with E-state index in [4.69, 9.17) is 4.74 Å². The molecule has 3 aromatic rings. The number of fused-ring (bicyclic) bond motifs is 1. The average molecular weight is 274 g/mol. The molecule has 0 aliphatic rings. The van der Waals surface area contributed by atoms with E-state index in [1.807, 2.05) is 42.1 Å². The molecule has 0 aliphatic carbocycles. The first-order valence-electron chi connectivity index (χ1n) is 6.80. The van der Waals surface area contributed by atoms with Crippen LogP contribution in [0.25, 0.3) is 10.8 Å². The summed E-state index contributed by atoms with van der Waals surface area (Å²) in [6, 6.07) is 16.2. The van der Waals surface area contributed by atoms with Crippen molar-refractivity contribution in [1.29, 1.82) is 0 Å². The molecule has 0 amide bonds. The van der Waals surface area contributed by atoms with E-state index in [1.165, 1.54) is 10.8 Å². The minimum absolute atomic E-state index is 0.846. The van der Waals surface area contributed by atoms with Gasteiger partial charge in [-0.1, -0.05) is 11.8 Å². The molecular weight excluding hydrogens is 258 g/mol. The van der Waals surface area contributed by atoms with Gasteiger partial charge in [0.2, 0.25) is 0 Å². The number of hydrogen-bond acceptors (Lipinski definition) is 1. The summed E-state index contributed by atoms with van der Waals surface area (Å²) < 4.78 is 7.19. The molecule has 1 aromatic heterocycles. The second-order valence-electron chi connectivity index (χ2n) is 4.93. The number of nitrogens with zero attached hydrogens (tertiary/aromatic N) is 1. The molecule has 0 aliphatic heterocycles. The Morgan fingerprint density at radius 2 is 1.57 bits per heavy atom. The summed E-state index contributed by atoms with van der Waals surface area (Å²) in [7, 11) is 3.69. The Morgan fingerprint density at radius 3 is 2.33 bits per heavy atom. The molecule has 0 atom stereocenters. The number of ether oxygens (including phenoxy) is 1. The van der Waals surface area contributed by atoms with Crippen LogP contribution in [0.4, 0.5) is 0 Å². The number of benzene rings is 2. The molecule has 2 heteroatoms. The Labute approximate surface area is 124 Å². The fourth-order valence-corrected chi connectivity index (χ4v) is 2.19. The predicted octanol–water partition coefficient (Wildman–Crippen LogP) is 3.07. The standard InChI is InChI=1S/C19H16NO/c1-20-12-11-17-13-16(5-8-18(17)14-20)4-3-15-6-9-19(21-2)10-7-15/h5-14H,1-2H3/q+1. The highest BCUT2D eigenvalue weighted by atomic mass is 16.5. The topological polar surface area (TPSA) is 13.1 Å². The second kappa shape index (κ2) is 5.68. The van der Waals surface area contributed by atoms with Crippen LogP contribution in [0.5, 0.6) is 5.75 Å². The van der Waals surface area contributed by atoms with Crippen LogP contribution in [0.15, 0.2) is 60.9 Å². The highest BCUT2D eigenvalue weighted by Gasteiger charge is 1.99. The van der Waals surface area contributed by atoms with Gasteiger partial charge in [-0.25, -0.2) is 4.57 Å². The van der Waals surface area contributed by atoms with Crippen molar-refractivity contribution >= 4 is 10.8 Å². The third-order valence-corrected chi connectivity index (χ3v) is 3.36. The van der Waals surface area contributed by atoms with E-state index < -0.39 is 0 Å². The van der Waals surface area contributed by atoms with Crippen LogP contribution in [-0.2, 0) is 7.05 Å². The molecule has 0 radical (unpaired) electrons. The molecule has 0 bridgehead atoms. The molecular formula is C19H16NO+. The first kappa shape index (κ1) is 13.2. The van der Waals surface area contributed by atoms with Gasteiger partial charge in [-0.05, 0) is 47.9 Å². The monoisotopic (exact) mass is 274 g/mol. The van der Waals surface area contributed by atoms with Gasteiger partial charge >= 0.3 is 0 Å². The van der Waals surface area contributed by atoms with Gasteiger partial charge in [0.05, 0.1) is 7.11 Å². The smallest absolute Gasteiger partial charge is 0.176 e. The van der Waals surface area contributed by atoms with E-state index in [0.29, 0.717) is 0 Å². The quantitative estimate of drug-likeness (QED) is 0.491. The fraction of sp³-hybridized carbons (Fsp3) is 0.105. The third-order valence-electron chi connectivity index (χ3n) is 3.36. The van der Waals surface area contributed by atoms with Gasteiger partial charge in [0.15, 0.2) is 12.4 Å². The third kappa shape index (κ3) is 3.04. The van der Waals surface area contributed by atoms with Gasteiger partial charge in [-0.15, -0.1) is 0 Å². The minimum atomic E-state index is 0.846. The van der Waals surface area contributed by atoms with E-state index in [1.54, 1.807) is 7.11 Å². The molecule has 2 aromatic carbocycles. The summed E-state index contributed by atoms with van der Waals surface area (Å²) in [5, 5.41) is 2.42. The number of aryl methyl sites for hydroxylation is 1. The van der Waals surface area contributed by atoms with Crippen LogP contribution in [0.2, 0.25) is 0 Å². The summed E-state index contributed by atoms with van der Waals surface area (Å²) in [4.78, 5) is 0. The Morgan fingerprint density at radius 1 is 0.857 bits per heavy atom. The summed E-state index contributed by atoms with van der Waals surface area (Å²) in [5.41, 5.74) is 2.00. The zero-order valence-corrected chi connectivity index (χ0v) is 12.1. The van der Waals surface area contributed by atoms with E-state index in [2.05, 4.69) is 42.3 Å². The SMILES string of the molecule is COc1ccc(C#Cc2ccc3c[n+](C)ccc3c2)cc1. The predicted molar refractivity (Wildman–Crippen MR) is 84.1 cm³/mol. The molecule has 1 heterocycles. The van der Waals surface area contributed by atoms with Crippen LogP contribution in [0, 0.1) is 11.8 Å². The molecule has 0 unspecified atom stereocenters. The van der Waals surface area contributed by atoms with Gasteiger partial charge < -0.3 is 4.74 Å². The van der Waals surface area contributed by atoms with Crippen LogP contribution in [0.3, 0.4) is 0 Å². The van der Waals surface area contributed by atoms with Gasteiger partial charge in [0.1, 0.15) is 12.8 Å². The lowest BCUT2D eigenvalue weighted by molar-refractivity contribution is -0.670. The van der Waals surface area contributed by atoms with Crippen LogP contribution < -0.4 is 9.30 Å². The second-order valence-corrected chi connectivity index (χ2v) is 4.93. The molecule has 102 valence electrons. The number of pyridine rings is 1. The maximum Gasteiger partial charge on any atom is 0.176 e. The maximum absolute atomic E-state index is 5.14. The number of hydrogen-bond donors (Lipinski definition) is 0. The number of rotatable bonds is 1. The number of aromatic nitrogens is 1. The van der Waals surface area contributed by atoms with E-state index in [0.717, 1.165) is 16.9 Å². The Kier molecular flexibility index (Phi) is 3.57. The molecule has 2 nitrogen and oxygen atoms in total. The molecule has 0 spiro atoms. The van der Waals surface area contributed by atoms with E-state index in [-0.39, 0.29) is 0 Å². The van der Waals surface area contributed by atoms with Crippen molar-refractivity contribution in [3.63, 3.8) is 0 Å². The van der Waals surface area contributed by atoms with Crippen molar-refractivity contribution in [2.24, 2.45) is 7.05 Å². The Balaban J connectivity index is 1.90. The van der Waals surface area contributed by atoms with Crippen LogP contribution >= 0.6 is 0 Å². The van der Waals surface area contributed by atoms with E-state index >= 15 is 0 Å². The van der Waals surface area contributed by atoms with Gasteiger partial charge in [0, 0.05) is 22.6 Å². The summed E-state index contributed by atoms with van der Waals surface area (Å²) in [5.74, 6) is 7.23. The lowest BCUT2D eigenvalue weighted by Crippen LogP contribution is -2.25.